The summed E-state index contributed by atoms with van der Waals surface area (Å²) in [5.41, 5.74) is 12.6. The molecule has 1 heterocycles. The van der Waals surface area contributed by atoms with Crippen LogP contribution in [0.3, 0.4) is 0 Å². The number of hydrogen-bond acceptors (Lipinski definition) is 5. The molecule has 0 aromatic heterocycles. The molecule has 2 rings (SSSR count). The van der Waals surface area contributed by atoms with E-state index in [9.17, 15) is 0 Å². The lowest BCUT2D eigenvalue weighted by Crippen LogP contribution is -2.51. The van der Waals surface area contributed by atoms with Crippen LogP contribution in [-0.4, -0.2) is 38.1 Å². The zero-order valence-corrected chi connectivity index (χ0v) is 10.3. The van der Waals surface area contributed by atoms with Crippen molar-refractivity contribution in [3.05, 3.63) is 35.9 Å². The first-order chi connectivity index (χ1) is 8.77. The SMILES string of the molecule is N=NC(=N)c1ccccc1.NCC1CNCCN1. The minimum absolute atomic E-state index is 0.000556. The molecule has 6 N–H and O–H groups in total. The molecule has 1 aliphatic rings. The molecular weight excluding hydrogens is 228 g/mol. The Morgan fingerprint density at radius 1 is 1.33 bits per heavy atom. The number of hydrogen-bond donors (Lipinski definition) is 5. The topological polar surface area (TPSA) is 110 Å². The Kier molecular flexibility index (Phi) is 6.78. The van der Waals surface area contributed by atoms with Crippen molar-refractivity contribution < 1.29 is 0 Å². The summed E-state index contributed by atoms with van der Waals surface area (Å²) in [5, 5.41) is 16.6. The normalized spacial score (nSPS) is 18.4. The molecule has 0 radical (unpaired) electrons. The van der Waals surface area contributed by atoms with E-state index in [1.807, 2.05) is 18.2 Å². The first kappa shape index (κ1) is 14.4. The Morgan fingerprint density at radius 2 is 2.06 bits per heavy atom. The van der Waals surface area contributed by atoms with Crippen LogP contribution in [0.15, 0.2) is 35.4 Å². The number of nitrogens with one attached hydrogen (secondary N) is 4. The van der Waals surface area contributed by atoms with E-state index in [-0.39, 0.29) is 5.84 Å². The van der Waals surface area contributed by atoms with Crippen LogP contribution in [0.2, 0.25) is 0 Å². The third-order valence-corrected chi connectivity index (χ3v) is 2.57. The maximum atomic E-state index is 7.12. The minimum Gasteiger partial charge on any atom is -0.329 e. The highest BCUT2D eigenvalue weighted by Gasteiger charge is 2.07. The number of nitrogens with zero attached hydrogens (tertiary/aromatic N) is 1. The fourth-order valence-electron chi connectivity index (χ4n) is 1.54. The first-order valence-electron chi connectivity index (χ1n) is 5.93. The predicted octanol–water partition coefficient (Wildman–Crippen LogP) is 0.549. The van der Waals surface area contributed by atoms with Crippen molar-refractivity contribution >= 4 is 5.84 Å². The van der Waals surface area contributed by atoms with Crippen LogP contribution in [0, 0.1) is 10.9 Å². The molecule has 18 heavy (non-hydrogen) atoms. The van der Waals surface area contributed by atoms with Gasteiger partial charge in [-0.05, 0) is 0 Å². The van der Waals surface area contributed by atoms with Gasteiger partial charge in [0.2, 0.25) is 0 Å². The van der Waals surface area contributed by atoms with Gasteiger partial charge in [-0.15, -0.1) is 5.11 Å². The van der Waals surface area contributed by atoms with Gasteiger partial charge in [0, 0.05) is 37.8 Å². The summed E-state index contributed by atoms with van der Waals surface area (Å²) in [6.45, 7) is 3.90. The third-order valence-electron chi connectivity index (χ3n) is 2.57. The largest absolute Gasteiger partial charge is 0.329 e. The van der Waals surface area contributed by atoms with E-state index >= 15 is 0 Å². The molecule has 1 atom stereocenters. The molecule has 98 valence electrons. The fourth-order valence-corrected chi connectivity index (χ4v) is 1.54. The van der Waals surface area contributed by atoms with Gasteiger partial charge in [0.25, 0.3) is 0 Å². The highest BCUT2D eigenvalue weighted by molar-refractivity contribution is 5.96. The van der Waals surface area contributed by atoms with Gasteiger partial charge in [0.05, 0.1) is 0 Å². The van der Waals surface area contributed by atoms with Crippen LogP contribution >= 0.6 is 0 Å². The third kappa shape index (κ3) is 5.13. The van der Waals surface area contributed by atoms with Crippen LogP contribution in [0.4, 0.5) is 0 Å². The lowest BCUT2D eigenvalue weighted by Gasteiger charge is -2.22. The molecule has 0 bridgehead atoms. The Hall–Kier alpha value is -1.63. The Morgan fingerprint density at radius 3 is 2.50 bits per heavy atom. The molecule has 6 nitrogen and oxygen atoms in total. The van der Waals surface area contributed by atoms with E-state index in [0.29, 0.717) is 11.6 Å². The van der Waals surface area contributed by atoms with Crippen LogP contribution in [0.1, 0.15) is 5.56 Å². The lowest BCUT2D eigenvalue weighted by atomic mass is 10.2. The molecule has 1 aromatic carbocycles. The molecule has 0 aliphatic carbocycles. The Bertz CT molecular complexity index is 358. The van der Waals surface area contributed by atoms with Crippen molar-refractivity contribution in [2.75, 3.05) is 26.2 Å². The summed E-state index contributed by atoms with van der Waals surface area (Å²) < 4.78 is 0. The second-order valence-corrected chi connectivity index (χ2v) is 3.92. The average Bonchev–Trinajstić information content (AvgIpc) is 2.49. The average molecular weight is 248 g/mol. The number of benzene rings is 1. The zero-order chi connectivity index (χ0) is 13.2. The number of amidine groups is 1. The molecular formula is C12H20N6. The first-order valence-corrected chi connectivity index (χ1v) is 5.93. The highest BCUT2D eigenvalue weighted by atomic mass is 15.1. The molecule has 1 aliphatic heterocycles. The Balaban J connectivity index is 0.000000184. The summed E-state index contributed by atoms with van der Waals surface area (Å²) in [4.78, 5) is 0. The van der Waals surface area contributed by atoms with Crippen molar-refractivity contribution in [3.8, 4) is 0 Å². The van der Waals surface area contributed by atoms with Crippen LogP contribution < -0.4 is 16.4 Å². The lowest BCUT2D eigenvalue weighted by molar-refractivity contribution is 0.425. The molecule has 0 saturated carbocycles. The molecule has 0 amide bonds. The molecule has 1 aromatic rings. The van der Waals surface area contributed by atoms with Crippen molar-refractivity contribution in [1.82, 2.24) is 10.6 Å². The molecule has 1 unspecified atom stereocenters. The quantitative estimate of drug-likeness (QED) is 0.299. The second-order valence-electron chi connectivity index (χ2n) is 3.92. The maximum Gasteiger partial charge on any atom is 0.173 e. The van der Waals surface area contributed by atoms with E-state index in [1.54, 1.807) is 12.1 Å². The van der Waals surface area contributed by atoms with Gasteiger partial charge in [0.15, 0.2) is 5.84 Å². The predicted molar refractivity (Wildman–Crippen MR) is 72.1 cm³/mol. The fraction of sp³-hybridized carbons (Fsp3) is 0.417. The van der Waals surface area contributed by atoms with Crippen molar-refractivity contribution in [3.63, 3.8) is 0 Å². The van der Waals surface area contributed by atoms with E-state index < -0.39 is 0 Å². The van der Waals surface area contributed by atoms with Gasteiger partial charge >= 0.3 is 0 Å². The molecule has 6 heteroatoms. The van der Waals surface area contributed by atoms with Gasteiger partial charge in [-0.2, -0.15) is 0 Å². The second kappa shape index (κ2) is 8.46. The van der Waals surface area contributed by atoms with Gasteiger partial charge in [-0.25, -0.2) is 5.53 Å². The summed E-state index contributed by atoms with van der Waals surface area (Å²) in [7, 11) is 0. The van der Waals surface area contributed by atoms with E-state index in [2.05, 4.69) is 15.7 Å². The van der Waals surface area contributed by atoms with Gasteiger partial charge in [0.1, 0.15) is 0 Å². The number of rotatable bonds is 2. The van der Waals surface area contributed by atoms with Crippen molar-refractivity contribution in [1.29, 1.82) is 10.9 Å². The Labute approximate surface area is 107 Å². The summed E-state index contributed by atoms with van der Waals surface area (Å²) in [6.07, 6.45) is 0. The van der Waals surface area contributed by atoms with Gasteiger partial charge < -0.3 is 16.4 Å². The summed E-state index contributed by atoms with van der Waals surface area (Å²) in [6, 6.07) is 9.50. The zero-order valence-electron chi connectivity index (χ0n) is 10.3. The smallest absolute Gasteiger partial charge is 0.173 e. The van der Waals surface area contributed by atoms with Crippen LogP contribution in [0.5, 0.6) is 0 Å². The van der Waals surface area contributed by atoms with Crippen LogP contribution in [-0.2, 0) is 0 Å². The molecule has 1 saturated heterocycles. The van der Waals surface area contributed by atoms with Crippen molar-refractivity contribution in [2.45, 2.75) is 6.04 Å². The molecule has 0 spiro atoms. The van der Waals surface area contributed by atoms with Crippen LogP contribution in [0.25, 0.3) is 0 Å². The standard InChI is InChI=1S/C7H7N3.C5H13N3/c8-7(10-9)6-4-2-1-3-5-6;6-3-5-4-7-1-2-8-5/h1-5,8-9H;5,7-8H,1-4,6H2. The maximum absolute atomic E-state index is 7.12. The van der Waals surface area contributed by atoms with Gasteiger partial charge in [-0.1, -0.05) is 30.3 Å². The summed E-state index contributed by atoms with van der Waals surface area (Å²) >= 11 is 0. The van der Waals surface area contributed by atoms with Gasteiger partial charge in [-0.3, -0.25) is 5.41 Å². The van der Waals surface area contributed by atoms with E-state index in [0.717, 1.165) is 26.2 Å². The minimum atomic E-state index is 0.000556. The van der Waals surface area contributed by atoms with Crippen molar-refractivity contribution in [2.24, 2.45) is 10.8 Å². The molecule has 1 fully saturated rings. The highest BCUT2D eigenvalue weighted by Crippen LogP contribution is 1.99. The summed E-state index contributed by atoms with van der Waals surface area (Å²) in [5.74, 6) is 0.000556. The van der Waals surface area contributed by atoms with E-state index in [4.69, 9.17) is 16.7 Å². The number of piperazine rings is 1. The van der Waals surface area contributed by atoms with E-state index in [1.165, 1.54) is 0 Å². The monoisotopic (exact) mass is 248 g/mol. The number of nitrogens with two attached hydrogens (primary N) is 1.